The molecule has 1 saturated heterocycles. The molecule has 2 heterocycles. The Balaban J connectivity index is 2.13. The first kappa shape index (κ1) is 11.0. The first-order valence-electron chi connectivity index (χ1n) is 5.04. The Morgan fingerprint density at radius 2 is 2.50 bits per heavy atom. The van der Waals surface area contributed by atoms with Gasteiger partial charge in [0.05, 0.1) is 11.8 Å². The molecule has 88 valence electrons. The maximum absolute atomic E-state index is 11.2. The fourth-order valence-corrected chi connectivity index (χ4v) is 1.84. The Hall–Kier alpha value is -1.47. The fourth-order valence-electron chi connectivity index (χ4n) is 1.84. The van der Waals surface area contributed by atoms with E-state index in [1.54, 1.807) is 7.11 Å². The van der Waals surface area contributed by atoms with Crippen LogP contribution in [0.3, 0.4) is 0 Å². The summed E-state index contributed by atoms with van der Waals surface area (Å²) < 4.78 is 9.98. The smallest absolute Gasteiger partial charge is 0.231 e. The number of hydrogen-bond acceptors (Lipinski definition) is 6. The van der Waals surface area contributed by atoms with Crippen molar-refractivity contribution in [2.75, 3.05) is 20.2 Å². The standard InChI is InChI=1S/C9H14N4O3/c1-15-4-7-12-9(16-13-7)6-3-11-2-5(6)8(10)14/h5-6,11H,2-4H2,1H3,(H2,10,14)/t5-,6-/m1/s1. The average molecular weight is 226 g/mol. The first-order chi connectivity index (χ1) is 7.72. The van der Waals surface area contributed by atoms with Crippen LogP contribution in [-0.2, 0) is 16.1 Å². The van der Waals surface area contributed by atoms with Gasteiger partial charge in [0.25, 0.3) is 0 Å². The highest BCUT2D eigenvalue weighted by molar-refractivity contribution is 5.78. The van der Waals surface area contributed by atoms with Gasteiger partial charge in [-0.1, -0.05) is 5.16 Å². The van der Waals surface area contributed by atoms with Gasteiger partial charge in [0.2, 0.25) is 11.8 Å². The van der Waals surface area contributed by atoms with Crippen molar-refractivity contribution in [2.45, 2.75) is 12.5 Å². The van der Waals surface area contributed by atoms with Crippen LogP contribution in [0.5, 0.6) is 0 Å². The maximum Gasteiger partial charge on any atom is 0.231 e. The third kappa shape index (κ3) is 2.05. The molecule has 1 aliphatic rings. The number of aromatic nitrogens is 2. The van der Waals surface area contributed by atoms with E-state index in [0.29, 0.717) is 31.4 Å². The van der Waals surface area contributed by atoms with Crippen LogP contribution in [0, 0.1) is 5.92 Å². The molecule has 1 fully saturated rings. The molecular weight excluding hydrogens is 212 g/mol. The molecule has 0 saturated carbocycles. The van der Waals surface area contributed by atoms with E-state index in [4.69, 9.17) is 15.0 Å². The molecule has 3 N–H and O–H groups in total. The second kappa shape index (κ2) is 4.58. The van der Waals surface area contributed by atoms with Crippen LogP contribution in [0.2, 0.25) is 0 Å². The highest BCUT2D eigenvalue weighted by atomic mass is 16.5. The number of methoxy groups -OCH3 is 1. The summed E-state index contributed by atoms with van der Waals surface area (Å²) in [5.74, 6) is 0.168. The highest BCUT2D eigenvalue weighted by Gasteiger charge is 2.36. The van der Waals surface area contributed by atoms with Gasteiger partial charge in [-0.15, -0.1) is 0 Å². The van der Waals surface area contributed by atoms with Gasteiger partial charge in [-0.25, -0.2) is 0 Å². The normalized spacial score (nSPS) is 24.8. The minimum Gasteiger partial charge on any atom is -0.377 e. The summed E-state index contributed by atoms with van der Waals surface area (Å²) in [4.78, 5) is 15.3. The Labute approximate surface area is 92.3 Å². The molecule has 2 atom stereocenters. The molecule has 7 heteroatoms. The summed E-state index contributed by atoms with van der Waals surface area (Å²) in [5, 5.41) is 6.84. The number of rotatable bonds is 4. The van der Waals surface area contributed by atoms with Crippen molar-refractivity contribution in [1.29, 1.82) is 0 Å². The van der Waals surface area contributed by atoms with E-state index in [1.807, 2.05) is 0 Å². The third-order valence-electron chi connectivity index (χ3n) is 2.65. The van der Waals surface area contributed by atoms with Crippen LogP contribution in [0.15, 0.2) is 4.52 Å². The minimum atomic E-state index is -0.346. The van der Waals surface area contributed by atoms with E-state index in [-0.39, 0.29) is 17.7 Å². The topological polar surface area (TPSA) is 103 Å². The van der Waals surface area contributed by atoms with Gasteiger partial charge in [0, 0.05) is 20.2 Å². The first-order valence-corrected chi connectivity index (χ1v) is 5.04. The summed E-state index contributed by atoms with van der Waals surface area (Å²) in [5.41, 5.74) is 5.30. The van der Waals surface area contributed by atoms with Crippen molar-refractivity contribution in [3.63, 3.8) is 0 Å². The average Bonchev–Trinajstić information content (AvgIpc) is 2.83. The molecule has 1 aliphatic heterocycles. The quantitative estimate of drug-likeness (QED) is 0.682. The molecule has 0 bridgehead atoms. The number of ether oxygens (including phenoxy) is 1. The lowest BCUT2D eigenvalue weighted by atomic mass is 9.95. The summed E-state index contributed by atoms with van der Waals surface area (Å²) in [6, 6.07) is 0. The molecule has 7 nitrogen and oxygen atoms in total. The van der Waals surface area contributed by atoms with Crippen molar-refractivity contribution in [3.05, 3.63) is 11.7 Å². The summed E-state index contributed by atoms with van der Waals surface area (Å²) >= 11 is 0. The second-order valence-corrected chi connectivity index (χ2v) is 3.76. The van der Waals surface area contributed by atoms with E-state index in [2.05, 4.69) is 15.5 Å². The van der Waals surface area contributed by atoms with Crippen LogP contribution in [0.1, 0.15) is 17.6 Å². The Bertz CT molecular complexity index is 379. The van der Waals surface area contributed by atoms with Gasteiger partial charge in [-0.05, 0) is 0 Å². The van der Waals surface area contributed by atoms with Gasteiger partial charge >= 0.3 is 0 Å². The van der Waals surface area contributed by atoms with Gasteiger partial charge in [-0.3, -0.25) is 4.79 Å². The van der Waals surface area contributed by atoms with Crippen molar-refractivity contribution in [3.8, 4) is 0 Å². The Morgan fingerprint density at radius 1 is 1.69 bits per heavy atom. The van der Waals surface area contributed by atoms with E-state index in [9.17, 15) is 4.79 Å². The van der Waals surface area contributed by atoms with Crippen LogP contribution in [-0.4, -0.2) is 36.2 Å². The van der Waals surface area contributed by atoms with Crippen LogP contribution in [0.25, 0.3) is 0 Å². The number of amides is 1. The van der Waals surface area contributed by atoms with Crippen LogP contribution < -0.4 is 11.1 Å². The van der Waals surface area contributed by atoms with Crippen LogP contribution >= 0.6 is 0 Å². The molecule has 1 aromatic heterocycles. The number of carbonyl (C=O) groups excluding carboxylic acids is 1. The van der Waals surface area contributed by atoms with E-state index in [1.165, 1.54) is 0 Å². The predicted molar refractivity (Wildman–Crippen MR) is 53.3 cm³/mol. The molecule has 1 aromatic rings. The molecule has 0 spiro atoms. The summed E-state index contributed by atoms with van der Waals surface area (Å²) in [6.45, 7) is 1.48. The van der Waals surface area contributed by atoms with Gasteiger partial charge < -0.3 is 20.3 Å². The third-order valence-corrected chi connectivity index (χ3v) is 2.65. The van der Waals surface area contributed by atoms with Crippen LogP contribution in [0.4, 0.5) is 0 Å². The lowest BCUT2D eigenvalue weighted by Crippen LogP contribution is -2.28. The van der Waals surface area contributed by atoms with Crippen molar-refractivity contribution in [2.24, 2.45) is 11.7 Å². The lowest BCUT2D eigenvalue weighted by Gasteiger charge is -2.09. The number of hydrogen-bond donors (Lipinski definition) is 2. The number of primary amides is 1. The molecule has 0 radical (unpaired) electrons. The zero-order valence-corrected chi connectivity index (χ0v) is 8.97. The molecule has 16 heavy (non-hydrogen) atoms. The van der Waals surface area contributed by atoms with Crippen molar-refractivity contribution in [1.82, 2.24) is 15.5 Å². The molecule has 2 rings (SSSR count). The van der Waals surface area contributed by atoms with Gasteiger partial charge in [0.15, 0.2) is 5.82 Å². The van der Waals surface area contributed by atoms with Crippen molar-refractivity contribution >= 4 is 5.91 Å². The van der Waals surface area contributed by atoms with Crippen molar-refractivity contribution < 1.29 is 14.1 Å². The number of nitrogens with two attached hydrogens (primary N) is 1. The number of carbonyl (C=O) groups is 1. The Morgan fingerprint density at radius 3 is 3.19 bits per heavy atom. The molecule has 0 aromatic carbocycles. The molecule has 0 aliphatic carbocycles. The highest BCUT2D eigenvalue weighted by Crippen LogP contribution is 2.26. The Kier molecular flexibility index (Phi) is 3.16. The maximum atomic E-state index is 11.2. The number of nitrogens with zero attached hydrogens (tertiary/aromatic N) is 2. The SMILES string of the molecule is COCc1noc([C@@H]2CNC[C@H]2C(N)=O)n1. The van der Waals surface area contributed by atoms with E-state index < -0.39 is 0 Å². The molecule has 1 amide bonds. The minimum absolute atomic E-state index is 0.129. The van der Waals surface area contributed by atoms with Gasteiger partial charge in [0.1, 0.15) is 6.61 Å². The fraction of sp³-hybridized carbons (Fsp3) is 0.667. The van der Waals surface area contributed by atoms with E-state index in [0.717, 1.165) is 0 Å². The number of nitrogens with one attached hydrogen (secondary N) is 1. The second-order valence-electron chi connectivity index (χ2n) is 3.76. The lowest BCUT2D eigenvalue weighted by molar-refractivity contribution is -0.121. The zero-order chi connectivity index (χ0) is 11.5. The zero-order valence-electron chi connectivity index (χ0n) is 8.97. The molecular formula is C9H14N4O3. The van der Waals surface area contributed by atoms with Gasteiger partial charge in [-0.2, -0.15) is 4.98 Å². The summed E-state index contributed by atoms with van der Waals surface area (Å²) in [7, 11) is 1.55. The monoisotopic (exact) mass is 226 g/mol. The molecule has 0 unspecified atom stereocenters. The van der Waals surface area contributed by atoms with E-state index >= 15 is 0 Å². The predicted octanol–water partition coefficient (Wildman–Crippen LogP) is -0.996. The summed E-state index contributed by atoms with van der Waals surface area (Å²) in [6.07, 6.45) is 0. The largest absolute Gasteiger partial charge is 0.377 e.